The molecule has 0 saturated heterocycles. The maximum Gasteiger partial charge on any atom is 0.161 e. The molecule has 4 nitrogen and oxygen atoms in total. The van der Waals surface area contributed by atoms with Gasteiger partial charge in [-0.25, -0.2) is 4.99 Å². The Hall–Kier alpha value is -2.32. The third-order valence-corrected chi connectivity index (χ3v) is 5.51. The SMILES string of the molecule is COc1ccc(C=Nc2sc3c(c2C#N)CC[C@@H](C)C3)cc1OC. The molecule has 1 aromatic carbocycles. The summed E-state index contributed by atoms with van der Waals surface area (Å²) in [6, 6.07) is 8.00. The third-order valence-electron chi connectivity index (χ3n) is 4.34. The Morgan fingerprint density at radius 3 is 2.79 bits per heavy atom. The molecule has 1 aromatic heterocycles. The van der Waals surface area contributed by atoms with E-state index in [9.17, 15) is 5.26 Å². The van der Waals surface area contributed by atoms with Gasteiger partial charge in [-0.1, -0.05) is 6.92 Å². The van der Waals surface area contributed by atoms with Crippen LogP contribution >= 0.6 is 11.3 Å². The smallest absolute Gasteiger partial charge is 0.161 e. The Balaban J connectivity index is 1.91. The molecule has 24 heavy (non-hydrogen) atoms. The summed E-state index contributed by atoms with van der Waals surface area (Å²) in [5.74, 6) is 2.04. The molecular formula is C19H20N2O2S. The van der Waals surface area contributed by atoms with Crippen LogP contribution in [-0.2, 0) is 12.8 Å². The average Bonchev–Trinajstić information content (AvgIpc) is 2.95. The number of methoxy groups -OCH3 is 2. The molecule has 1 atom stereocenters. The van der Waals surface area contributed by atoms with Gasteiger partial charge in [-0.3, -0.25) is 0 Å². The fourth-order valence-electron chi connectivity index (χ4n) is 3.01. The molecule has 0 amide bonds. The van der Waals surface area contributed by atoms with Crippen LogP contribution < -0.4 is 9.47 Å². The first-order valence-corrected chi connectivity index (χ1v) is 8.78. The summed E-state index contributed by atoms with van der Waals surface area (Å²) in [6.45, 7) is 2.27. The normalized spacial score (nSPS) is 16.7. The number of aliphatic imine (C=N–C) groups is 1. The molecule has 1 heterocycles. The van der Waals surface area contributed by atoms with Crippen molar-refractivity contribution in [1.29, 1.82) is 5.26 Å². The van der Waals surface area contributed by atoms with E-state index >= 15 is 0 Å². The van der Waals surface area contributed by atoms with Crippen LogP contribution in [0.2, 0.25) is 0 Å². The number of fused-ring (bicyclic) bond motifs is 1. The van der Waals surface area contributed by atoms with Gasteiger partial charge in [-0.15, -0.1) is 11.3 Å². The highest BCUT2D eigenvalue weighted by Crippen LogP contribution is 2.40. The van der Waals surface area contributed by atoms with Gasteiger partial charge in [0, 0.05) is 11.1 Å². The zero-order valence-electron chi connectivity index (χ0n) is 14.1. The summed E-state index contributed by atoms with van der Waals surface area (Å²) in [5.41, 5.74) is 2.87. The van der Waals surface area contributed by atoms with Crippen LogP contribution in [0.15, 0.2) is 23.2 Å². The van der Waals surface area contributed by atoms with Crippen LogP contribution in [0.25, 0.3) is 0 Å². The maximum atomic E-state index is 9.52. The van der Waals surface area contributed by atoms with Gasteiger partial charge in [-0.2, -0.15) is 5.26 Å². The quantitative estimate of drug-likeness (QED) is 0.769. The van der Waals surface area contributed by atoms with E-state index in [0.717, 1.165) is 35.4 Å². The highest BCUT2D eigenvalue weighted by atomic mass is 32.1. The fraction of sp³-hybridized carbons (Fsp3) is 0.368. The van der Waals surface area contributed by atoms with Gasteiger partial charge in [0.05, 0.1) is 19.8 Å². The Kier molecular flexibility index (Phi) is 4.86. The molecule has 1 aliphatic rings. The van der Waals surface area contributed by atoms with Crippen molar-refractivity contribution < 1.29 is 9.47 Å². The summed E-state index contributed by atoms with van der Waals surface area (Å²) >= 11 is 1.65. The van der Waals surface area contributed by atoms with Crippen LogP contribution in [0, 0.1) is 17.2 Å². The second-order valence-electron chi connectivity index (χ2n) is 6.02. The van der Waals surface area contributed by atoms with Crippen LogP contribution in [0.1, 0.15) is 34.9 Å². The first-order chi connectivity index (χ1) is 11.7. The first-order valence-electron chi connectivity index (χ1n) is 7.97. The molecule has 0 saturated carbocycles. The number of benzene rings is 1. The average molecular weight is 340 g/mol. The number of hydrogen-bond donors (Lipinski definition) is 0. The second kappa shape index (κ2) is 7.06. The Morgan fingerprint density at radius 2 is 2.08 bits per heavy atom. The van der Waals surface area contributed by atoms with Crippen LogP contribution in [0.4, 0.5) is 5.00 Å². The minimum atomic E-state index is 0.668. The number of hydrogen-bond acceptors (Lipinski definition) is 5. The van der Waals surface area contributed by atoms with Crippen molar-refractivity contribution in [2.45, 2.75) is 26.2 Å². The molecule has 124 valence electrons. The van der Waals surface area contributed by atoms with Gasteiger partial charge < -0.3 is 9.47 Å². The zero-order valence-corrected chi connectivity index (χ0v) is 14.9. The largest absolute Gasteiger partial charge is 0.493 e. The van der Waals surface area contributed by atoms with Crippen LogP contribution in [-0.4, -0.2) is 20.4 Å². The molecule has 0 fully saturated rings. The van der Waals surface area contributed by atoms with Crippen molar-refractivity contribution in [2.24, 2.45) is 10.9 Å². The summed E-state index contributed by atoms with van der Waals surface area (Å²) in [4.78, 5) is 5.91. The van der Waals surface area contributed by atoms with E-state index in [1.165, 1.54) is 10.4 Å². The number of rotatable bonds is 4. The maximum absolute atomic E-state index is 9.52. The van der Waals surface area contributed by atoms with Gasteiger partial charge in [0.15, 0.2) is 11.5 Å². The van der Waals surface area contributed by atoms with Crippen molar-refractivity contribution in [2.75, 3.05) is 14.2 Å². The minimum Gasteiger partial charge on any atom is -0.493 e. The molecule has 0 spiro atoms. The van der Waals surface area contributed by atoms with Gasteiger partial charge in [0.25, 0.3) is 0 Å². The van der Waals surface area contributed by atoms with E-state index in [1.807, 2.05) is 18.2 Å². The lowest BCUT2D eigenvalue weighted by atomic mass is 9.89. The number of nitriles is 1. The summed E-state index contributed by atoms with van der Waals surface area (Å²) in [7, 11) is 3.23. The Labute approximate surface area is 146 Å². The van der Waals surface area contributed by atoms with Crippen molar-refractivity contribution in [3.05, 3.63) is 39.8 Å². The van der Waals surface area contributed by atoms with Gasteiger partial charge in [-0.05, 0) is 54.5 Å². The molecule has 0 aliphatic heterocycles. The molecule has 1 aliphatic carbocycles. The Bertz CT molecular complexity index is 818. The molecule has 2 aromatic rings. The predicted octanol–water partition coefficient (Wildman–Crippen LogP) is 4.51. The fourth-order valence-corrected chi connectivity index (χ4v) is 4.31. The number of thiophene rings is 1. The highest BCUT2D eigenvalue weighted by Gasteiger charge is 2.23. The van der Waals surface area contributed by atoms with Crippen molar-refractivity contribution >= 4 is 22.6 Å². The molecule has 0 N–H and O–H groups in total. The standard InChI is InChI=1S/C19H20N2O2S/c1-12-4-6-14-15(10-20)19(24-18(14)8-12)21-11-13-5-7-16(22-2)17(9-13)23-3/h5,7,9,11-12H,4,6,8H2,1-3H3/t12-/m1/s1. The second-order valence-corrected chi connectivity index (χ2v) is 7.10. The van der Waals surface area contributed by atoms with Crippen LogP contribution in [0.5, 0.6) is 11.5 Å². The number of nitrogens with zero attached hydrogens (tertiary/aromatic N) is 2. The lowest BCUT2D eigenvalue weighted by Gasteiger charge is -2.17. The van der Waals surface area contributed by atoms with Crippen molar-refractivity contribution in [1.82, 2.24) is 0 Å². The minimum absolute atomic E-state index is 0.668. The van der Waals surface area contributed by atoms with Crippen molar-refractivity contribution in [3.63, 3.8) is 0 Å². The summed E-state index contributed by atoms with van der Waals surface area (Å²) in [5, 5.41) is 10.3. The van der Waals surface area contributed by atoms with Gasteiger partial charge in [0.1, 0.15) is 11.1 Å². The predicted molar refractivity (Wildman–Crippen MR) is 97.0 cm³/mol. The van der Waals surface area contributed by atoms with Crippen molar-refractivity contribution in [3.8, 4) is 17.6 Å². The lowest BCUT2D eigenvalue weighted by molar-refractivity contribution is 0.355. The van der Waals surface area contributed by atoms with E-state index in [2.05, 4.69) is 18.0 Å². The molecule has 0 unspecified atom stereocenters. The number of ether oxygens (including phenoxy) is 2. The summed E-state index contributed by atoms with van der Waals surface area (Å²) in [6.07, 6.45) is 4.98. The highest BCUT2D eigenvalue weighted by molar-refractivity contribution is 7.16. The van der Waals surface area contributed by atoms with Gasteiger partial charge in [0.2, 0.25) is 0 Å². The monoisotopic (exact) mass is 340 g/mol. The molecule has 5 heteroatoms. The Morgan fingerprint density at radius 1 is 1.29 bits per heavy atom. The van der Waals surface area contributed by atoms with E-state index in [0.29, 0.717) is 17.4 Å². The molecular weight excluding hydrogens is 320 g/mol. The first kappa shape index (κ1) is 16.5. The van der Waals surface area contributed by atoms with E-state index in [-0.39, 0.29) is 0 Å². The third kappa shape index (κ3) is 3.15. The van der Waals surface area contributed by atoms with Crippen LogP contribution in [0.3, 0.4) is 0 Å². The molecule has 3 rings (SSSR count). The molecule has 0 bridgehead atoms. The van der Waals surface area contributed by atoms with E-state index < -0.39 is 0 Å². The van der Waals surface area contributed by atoms with E-state index in [4.69, 9.17) is 9.47 Å². The summed E-state index contributed by atoms with van der Waals surface area (Å²) < 4.78 is 10.6. The topological polar surface area (TPSA) is 54.6 Å². The van der Waals surface area contributed by atoms with Gasteiger partial charge >= 0.3 is 0 Å². The van der Waals surface area contributed by atoms with E-state index in [1.54, 1.807) is 31.8 Å². The zero-order chi connectivity index (χ0) is 17.1. The molecule has 0 radical (unpaired) electrons. The lowest BCUT2D eigenvalue weighted by Crippen LogP contribution is -2.09.